The van der Waals surface area contributed by atoms with E-state index in [0.29, 0.717) is 11.1 Å². The molecule has 94 valence electrons. The summed E-state index contributed by atoms with van der Waals surface area (Å²) in [6, 6.07) is 12.4. The van der Waals surface area contributed by atoms with E-state index < -0.39 is 4.92 Å². The molecule has 0 aromatic heterocycles. The summed E-state index contributed by atoms with van der Waals surface area (Å²) < 4.78 is 0. The Balaban J connectivity index is 2.27. The summed E-state index contributed by atoms with van der Waals surface area (Å²) in [7, 11) is 0. The fourth-order valence-corrected chi connectivity index (χ4v) is 1.77. The molecule has 2 aromatic rings. The van der Waals surface area contributed by atoms with Crippen molar-refractivity contribution in [1.82, 2.24) is 0 Å². The molecular weight excluding hydrogens is 262 g/mol. The molecule has 5 heteroatoms. The first-order chi connectivity index (χ1) is 9.11. The molecule has 2 rings (SSSR count). The highest BCUT2D eigenvalue weighted by atomic mass is 32.1. The van der Waals surface area contributed by atoms with Gasteiger partial charge in [-0.05, 0) is 17.7 Å². The van der Waals surface area contributed by atoms with E-state index in [9.17, 15) is 14.9 Å². The van der Waals surface area contributed by atoms with Gasteiger partial charge in [0.15, 0.2) is 5.78 Å². The van der Waals surface area contributed by atoms with E-state index in [-0.39, 0.29) is 11.5 Å². The lowest BCUT2D eigenvalue weighted by Crippen LogP contribution is -2.01. The number of ketones is 1. The molecule has 0 atom stereocenters. The zero-order valence-corrected chi connectivity index (χ0v) is 10.6. The van der Waals surface area contributed by atoms with Crippen molar-refractivity contribution in [3.8, 4) is 0 Å². The number of non-ortho nitro benzene ring substituents is 1. The molecule has 0 unspecified atom stereocenters. The number of benzene rings is 2. The van der Waals surface area contributed by atoms with Crippen molar-refractivity contribution in [2.45, 2.75) is 0 Å². The second-order valence-corrected chi connectivity index (χ2v) is 4.11. The lowest BCUT2D eigenvalue weighted by Gasteiger charge is -2.01. The van der Waals surface area contributed by atoms with Crippen LogP contribution in [-0.4, -0.2) is 16.1 Å². The van der Waals surface area contributed by atoms with Gasteiger partial charge in [0.1, 0.15) is 0 Å². The van der Waals surface area contributed by atoms with Crippen molar-refractivity contribution < 1.29 is 9.72 Å². The van der Waals surface area contributed by atoms with Crippen LogP contribution in [0.25, 0.3) is 0 Å². The van der Waals surface area contributed by atoms with E-state index in [2.05, 4.69) is 0 Å². The van der Waals surface area contributed by atoms with Gasteiger partial charge in [0, 0.05) is 28.6 Å². The molecule has 0 saturated carbocycles. The van der Waals surface area contributed by atoms with E-state index in [1.54, 1.807) is 24.3 Å². The Labute approximate surface area is 114 Å². The number of thiocarbonyl (C=S) groups is 1. The van der Waals surface area contributed by atoms with Gasteiger partial charge in [-0.15, -0.1) is 0 Å². The molecule has 0 heterocycles. The molecular formula is C14H9NO3S. The van der Waals surface area contributed by atoms with Crippen LogP contribution in [0, 0.1) is 10.1 Å². The third-order valence-electron chi connectivity index (χ3n) is 2.65. The van der Waals surface area contributed by atoms with Crippen LogP contribution >= 0.6 is 12.2 Å². The Morgan fingerprint density at radius 2 is 1.47 bits per heavy atom. The second-order valence-electron chi connectivity index (χ2n) is 3.87. The minimum absolute atomic E-state index is 0.0346. The Morgan fingerprint density at radius 1 is 1.00 bits per heavy atom. The zero-order chi connectivity index (χ0) is 13.8. The number of nitro benzene ring substituents is 1. The van der Waals surface area contributed by atoms with Crippen LogP contribution in [0.3, 0.4) is 0 Å². The quantitative estimate of drug-likeness (QED) is 0.371. The molecule has 4 nitrogen and oxygen atoms in total. The minimum Gasteiger partial charge on any atom is -0.289 e. The van der Waals surface area contributed by atoms with Crippen molar-refractivity contribution in [1.29, 1.82) is 0 Å². The molecule has 0 aliphatic rings. The average Bonchev–Trinajstić information content (AvgIpc) is 2.46. The Morgan fingerprint density at radius 3 is 1.89 bits per heavy atom. The molecule has 0 bridgehead atoms. The van der Waals surface area contributed by atoms with E-state index in [1.165, 1.54) is 29.6 Å². The van der Waals surface area contributed by atoms with Crippen LogP contribution in [0.4, 0.5) is 5.69 Å². The third-order valence-corrected chi connectivity index (χ3v) is 2.92. The highest BCUT2D eigenvalue weighted by Crippen LogP contribution is 2.15. The maximum Gasteiger partial charge on any atom is 0.269 e. The second kappa shape index (κ2) is 5.49. The molecule has 0 aliphatic heterocycles. The van der Waals surface area contributed by atoms with E-state index in [4.69, 9.17) is 12.2 Å². The monoisotopic (exact) mass is 271 g/mol. The first kappa shape index (κ1) is 13.0. The number of nitro groups is 1. The molecule has 2 aromatic carbocycles. The maximum absolute atomic E-state index is 12.1. The molecule has 0 N–H and O–H groups in total. The molecule has 0 fully saturated rings. The Bertz CT molecular complexity index is 633. The van der Waals surface area contributed by atoms with Gasteiger partial charge < -0.3 is 0 Å². The summed E-state index contributed by atoms with van der Waals surface area (Å²) in [5, 5.41) is 12.1. The first-order valence-corrected chi connectivity index (χ1v) is 5.93. The largest absolute Gasteiger partial charge is 0.289 e. The predicted octanol–water partition coefficient (Wildman–Crippen LogP) is 3.17. The summed E-state index contributed by atoms with van der Waals surface area (Å²) in [6.45, 7) is 0. The van der Waals surface area contributed by atoms with Gasteiger partial charge in [0.2, 0.25) is 0 Å². The smallest absolute Gasteiger partial charge is 0.269 e. The summed E-state index contributed by atoms with van der Waals surface area (Å²) in [5.41, 5.74) is 1.76. The lowest BCUT2D eigenvalue weighted by atomic mass is 10.0. The van der Waals surface area contributed by atoms with Crippen LogP contribution < -0.4 is 0 Å². The normalized spacial score (nSPS) is 9.89. The summed E-state index contributed by atoms with van der Waals surface area (Å²) in [6.07, 6.45) is 0. The topological polar surface area (TPSA) is 60.2 Å². The van der Waals surface area contributed by atoms with Crippen LogP contribution in [0.15, 0.2) is 48.5 Å². The Hall–Kier alpha value is -2.40. The van der Waals surface area contributed by atoms with Crippen LogP contribution in [0.5, 0.6) is 0 Å². The van der Waals surface area contributed by atoms with Gasteiger partial charge in [0.25, 0.3) is 5.69 Å². The fraction of sp³-hybridized carbons (Fsp3) is 0. The highest BCUT2D eigenvalue weighted by molar-refractivity contribution is 7.79. The van der Waals surface area contributed by atoms with E-state index >= 15 is 0 Å². The molecule has 0 radical (unpaired) electrons. The van der Waals surface area contributed by atoms with Gasteiger partial charge in [-0.2, -0.15) is 0 Å². The van der Waals surface area contributed by atoms with Gasteiger partial charge in [-0.1, -0.05) is 36.5 Å². The minimum atomic E-state index is -0.498. The van der Waals surface area contributed by atoms with Gasteiger partial charge in [-0.25, -0.2) is 0 Å². The predicted molar refractivity (Wildman–Crippen MR) is 75.7 cm³/mol. The number of rotatable bonds is 4. The van der Waals surface area contributed by atoms with Crippen LogP contribution in [0.1, 0.15) is 21.5 Å². The number of carbonyl (C=O) groups is 1. The summed E-state index contributed by atoms with van der Waals surface area (Å²) >= 11 is 4.79. The van der Waals surface area contributed by atoms with Crippen molar-refractivity contribution >= 4 is 29.1 Å². The van der Waals surface area contributed by atoms with Gasteiger partial charge >= 0.3 is 0 Å². The molecule has 0 spiro atoms. The summed E-state index contributed by atoms with van der Waals surface area (Å²) in [5.74, 6) is -0.175. The first-order valence-electron chi connectivity index (χ1n) is 5.46. The van der Waals surface area contributed by atoms with Crippen LogP contribution in [0.2, 0.25) is 0 Å². The Kier molecular flexibility index (Phi) is 3.77. The molecule has 19 heavy (non-hydrogen) atoms. The SMILES string of the molecule is O=C(c1ccc(C=S)cc1)c1ccc([N+](=O)[O-])cc1. The lowest BCUT2D eigenvalue weighted by molar-refractivity contribution is -0.384. The molecule has 0 amide bonds. The van der Waals surface area contributed by atoms with Crippen molar-refractivity contribution in [2.24, 2.45) is 0 Å². The van der Waals surface area contributed by atoms with Crippen molar-refractivity contribution in [3.63, 3.8) is 0 Å². The maximum atomic E-state index is 12.1. The average molecular weight is 271 g/mol. The van der Waals surface area contributed by atoms with Gasteiger partial charge in [0.05, 0.1) is 4.92 Å². The van der Waals surface area contributed by atoms with Crippen molar-refractivity contribution in [3.05, 3.63) is 75.3 Å². The zero-order valence-electron chi connectivity index (χ0n) is 9.78. The number of hydrogen-bond acceptors (Lipinski definition) is 4. The third kappa shape index (κ3) is 2.89. The van der Waals surface area contributed by atoms with Gasteiger partial charge in [-0.3, -0.25) is 14.9 Å². The summed E-state index contributed by atoms with van der Waals surface area (Å²) in [4.78, 5) is 22.2. The molecule has 0 aliphatic carbocycles. The standard InChI is InChI=1S/C14H9NO3S/c16-14(11-3-1-10(9-19)2-4-11)12-5-7-13(8-6-12)15(17)18/h1-9H. The number of carbonyl (C=O) groups excluding carboxylic acids is 1. The van der Waals surface area contributed by atoms with Crippen molar-refractivity contribution in [2.75, 3.05) is 0 Å². The van der Waals surface area contributed by atoms with Crippen LogP contribution in [-0.2, 0) is 0 Å². The number of nitrogens with zero attached hydrogens (tertiary/aromatic N) is 1. The number of hydrogen-bond donors (Lipinski definition) is 0. The van der Waals surface area contributed by atoms with E-state index in [0.717, 1.165) is 5.56 Å². The fourth-order valence-electron chi connectivity index (χ4n) is 1.61. The highest BCUT2D eigenvalue weighted by Gasteiger charge is 2.11. The molecule has 0 saturated heterocycles. The van der Waals surface area contributed by atoms with E-state index in [1.807, 2.05) is 0 Å².